The summed E-state index contributed by atoms with van der Waals surface area (Å²) in [7, 11) is -3.85. The molecule has 7 heteroatoms. The first-order chi connectivity index (χ1) is 12.8. The summed E-state index contributed by atoms with van der Waals surface area (Å²) >= 11 is 0. The Morgan fingerprint density at radius 3 is 2.56 bits per heavy atom. The normalized spacial score (nSPS) is 17.7. The smallest absolute Gasteiger partial charge is 0.244 e. The van der Waals surface area contributed by atoms with Gasteiger partial charge in [-0.1, -0.05) is 36.4 Å². The number of hydrogen-bond acceptors (Lipinski definition) is 3. The first-order valence-electron chi connectivity index (χ1n) is 8.91. The van der Waals surface area contributed by atoms with Gasteiger partial charge in [-0.3, -0.25) is 9.10 Å². The van der Waals surface area contributed by atoms with Gasteiger partial charge in [0.2, 0.25) is 15.9 Å². The standard InChI is InChI=1S/C20H23FN2O3S/c1-14(23(27(2,25)26)19-13-6-5-11-17(19)21)20(24)22-18-12-7-9-15-8-3-4-10-16(15)18/h3-6,8,10-11,13-14,18H,7,9,12H2,1-2H3,(H,22,24). The zero-order valence-electron chi connectivity index (χ0n) is 15.4. The summed E-state index contributed by atoms with van der Waals surface area (Å²) in [6, 6.07) is 12.2. The van der Waals surface area contributed by atoms with Crippen LogP contribution < -0.4 is 9.62 Å². The maximum atomic E-state index is 14.2. The lowest BCUT2D eigenvalue weighted by Crippen LogP contribution is -2.49. The Morgan fingerprint density at radius 2 is 1.85 bits per heavy atom. The Balaban J connectivity index is 1.86. The molecule has 0 aliphatic heterocycles. The van der Waals surface area contributed by atoms with Crippen LogP contribution in [-0.2, 0) is 21.2 Å². The highest BCUT2D eigenvalue weighted by atomic mass is 32.2. The molecule has 0 saturated heterocycles. The Morgan fingerprint density at radius 1 is 1.19 bits per heavy atom. The van der Waals surface area contributed by atoms with E-state index in [1.165, 1.54) is 30.7 Å². The van der Waals surface area contributed by atoms with Gasteiger partial charge < -0.3 is 5.32 Å². The van der Waals surface area contributed by atoms with Crippen LogP contribution >= 0.6 is 0 Å². The molecule has 27 heavy (non-hydrogen) atoms. The molecule has 5 nitrogen and oxygen atoms in total. The van der Waals surface area contributed by atoms with E-state index in [1.807, 2.05) is 24.3 Å². The van der Waals surface area contributed by atoms with Gasteiger partial charge in [-0.05, 0) is 49.4 Å². The molecule has 2 aromatic carbocycles. The van der Waals surface area contributed by atoms with Crippen LogP contribution in [0.4, 0.5) is 10.1 Å². The number of para-hydroxylation sites is 1. The third-order valence-electron chi connectivity index (χ3n) is 4.86. The number of carbonyl (C=O) groups is 1. The summed E-state index contributed by atoms with van der Waals surface area (Å²) in [6.45, 7) is 1.47. The van der Waals surface area contributed by atoms with Gasteiger partial charge >= 0.3 is 0 Å². The van der Waals surface area contributed by atoms with E-state index >= 15 is 0 Å². The lowest BCUT2D eigenvalue weighted by molar-refractivity contribution is -0.122. The average Bonchev–Trinajstić information content (AvgIpc) is 2.62. The van der Waals surface area contributed by atoms with Crippen molar-refractivity contribution in [1.82, 2.24) is 5.32 Å². The first kappa shape index (κ1) is 19.4. The Labute approximate surface area is 159 Å². The predicted octanol–water partition coefficient (Wildman–Crippen LogP) is 3.17. The lowest BCUT2D eigenvalue weighted by Gasteiger charge is -2.31. The maximum Gasteiger partial charge on any atom is 0.244 e. The van der Waals surface area contributed by atoms with Crippen LogP contribution in [0.1, 0.15) is 36.9 Å². The minimum absolute atomic E-state index is 0.133. The van der Waals surface area contributed by atoms with E-state index in [-0.39, 0.29) is 11.7 Å². The van der Waals surface area contributed by atoms with Crippen LogP contribution in [0.5, 0.6) is 0 Å². The van der Waals surface area contributed by atoms with Crippen molar-refractivity contribution in [3.63, 3.8) is 0 Å². The molecule has 0 spiro atoms. The van der Waals surface area contributed by atoms with Crippen molar-refractivity contribution in [3.05, 3.63) is 65.5 Å². The number of carbonyl (C=O) groups excluding carboxylic acids is 1. The number of halogens is 1. The van der Waals surface area contributed by atoms with Crippen molar-refractivity contribution in [3.8, 4) is 0 Å². The summed E-state index contributed by atoms with van der Waals surface area (Å²) in [6.07, 6.45) is 3.66. The second-order valence-electron chi connectivity index (χ2n) is 6.84. The number of hydrogen-bond donors (Lipinski definition) is 1. The van der Waals surface area contributed by atoms with Crippen LogP contribution in [0.25, 0.3) is 0 Å². The van der Waals surface area contributed by atoms with Gasteiger partial charge in [-0.25, -0.2) is 12.8 Å². The molecule has 1 amide bonds. The first-order valence-corrected chi connectivity index (χ1v) is 10.8. The third kappa shape index (κ3) is 4.13. The molecule has 144 valence electrons. The molecule has 2 atom stereocenters. The zero-order chi connectivity index (χ0) is 19.6. The monoisotopic (exact) mass is 390 g/mol. The lowest BCUT2D eigenvalue weighted by atomic mass is 9.87. The molecule has 1 N–H and O–H groups in total. The maximum absolute atomic E-state index is 14.2. The summed E-state index contributed by atoms with van der Waals surface area (Å²) in [4.78, 5) is 12.9. The number of benzene rings is 2. The third-order valence-corrected chi connectivity index (χ3v) is 6.09. The minimum atomic E-state index is -3.85. The van der Waals surface area contributed by atoms with Gasteiger partial charge in [-0.2, -0.15) is 0 Å². The van der Waals surface area contributed by atoms with E-state index in [4.69, 9.17) is 0 Å². The number of fused-ring (bicyclic) bond motifs is 1. The van der Waals surface area contributed by atoms with E-state index in [9.17, 15) is 17.6 Å². The van der Waals surface area contributed by atoms with Crippen LogP contribution in [-0.4, -0.2) is 26.6 Å². The highest BCUT2D eigenvalue weighted by Crippen LogP contribution is 2.30. The molecule has 1 aliphatic carbocycles. The van der Waals surface area contributed by atoms with Crippen molar-refractivity contribution in [2.75, 3.05) is 10.6 Å². The molecule has 0 bridgehead atoms. The molecule has 0 radical (unpaired) electrons. The summed E-state index contributed by atoms with van der Waals surface area (Å²) < 4.78 is 39.7. The van der Waals surface area contributed by atoms with Crippen molar-refractivity contribution < 1.29 is 17.6 Å². The molecule has 1 aliphatic rings. The van der Waals surface area contributed by atoms with Gasteiger partial charge in [0, 0.05) is 0 Å². The molecule has 0 fully saturated rings. The SMILES string of the molecule is CC(C(=O)NC1CCCc2ccccc21)N(c1ccccc1F)S(C)(=O)=O. The number of anilines is 1. The number of aryl methyl sites for hydroxylation is 1. The van der Waals surface area contributed by atoms with Crippen molar-refractivity contribution in [2.45, 2.75) is 38.3 Å². The minimum Gasteiger partial charge on any atom is -0.347 e. The molecular formula is C20H23FN2O3S. The quantitative estimate of drug-likeness (QED) is 0.853. The van der Waals surface area contributed by atoms with E-state index in [1.54, 1.807) is 6.07 Å². The molecule has 0 saturated carbocycles. The topological polar surface area (TPSA) is 66.5 Å². The largest absolute Gasteiger partial charge is 0.347 e. The fourth-order valence-electron chi connectivity index (χ4n) is 3.61. The van der Waals surface area contributed by atoms with Gasteiger partial charge in [0.1, 0.15) is 11.9 Å². The zero-order valence-corrected chi connectivity index (χ0v) is 16.2. The van der Waals surface area contributed by atoms with Crippen LogP contribution in [0, 0.1) is 5.82 Å². The molecule has 2 unspecified atom stereocenters. The van der Waals surface area contributed by atoms with Crippen LogP contribution in [0.15, 0.2) is 48.5 Å². The second-order valence-corrected chi connectivity index (χ2v) is 8.70. The van der Waals surface area contributed by atoms with Crippen molar-refractivity contribution in [1.29, 1.82) is 0 Å². The highest BCUT2D eigenvalue weighted by molar-refractivity contribution is 7.92. The number of sulfonamides is 1. The van der Waals surface area contributed by atoms with E-state index in [0.717, 1.165) is 35.4 Å². The number of amides is 1. The van der Waals surface area contributed by atoms with Crippen LogP contribution in [0.3, 0.4) is 0 Å². The molecule has 0 heterocycles. The van der Waals surface area contributed by atoms with E-state index in [2.05, 4.69) is 5.32 Å². The summed E-state index contributed by atoms with van der Waals surface area (Å²) in [5.41, 5.74) is 2.11. The number of nitrogens with zero attached hydrogens (tertiary/aromatic N) is 1. The number of nitrogens with one attached hydrogen (secondary N) is 1. The Hall–Kier alpha value is -2.41. The Bertz CT molecular complexity index is 946. The van der Waals surface area contributed by atoms with Gasteiger partial charge in [0.15, 0.2) is 0 Å². The summed E-state index contributed by atoms with van der Waals surface area (Å²) in [5.74, 6) is -1.14. The highest BCUT2D eigenvalue weighted by Gasteiger charge is 2.32. The van der Waals surface area contributed by atoms with Gasteiger partial charge in [0.25, 0.3) is 0 Å². The fourth-order valence-corrected chi connectivity index (χ4v) is 4.78. The Kier molecular flexibility index (Phi) is 5.51. The average molecular weight is 390 g/mol. The van der Waals surface area contributed by atoms with Gasteiger partial charge in [-0.15, -0.1) is 0 Å². The van der Waals surface area contributed by atoms with Crippen LogP contribution in [0.2, 0.25) is 0 Å². The van der Waals surface area contributed by atoms with E-state index < -0.39 is 27.8 Å². The fraction of sp³-hybridized carbons (Fsp3) is 0.350. The predicted molar refractivity (Wildman–Crippen MR) is 103 cm³/mol. The van der Waals surface area contributed by atoms with Crippen molar-refractivity contribution in [2.24, 2.45) is 0 Å². The van der Waals surface area contributed by atoms with Gasteiger partial charge in [0.05, 0.1) is 18.0 Å². The second kappa shape index (κ2) is 7.68. The number of rotatable bonds is 5. The molecular weight excluding hydrogens is 367 g/mol. The molecule has 0 aromatic heterocycles. The molecule has 2 aromatic rings. The van der Waals surface area contributed by atoms with E-state index in [0.29, 0.717) is 0 Å². The summed E-state index contributed by atoms with van der Waals surface area (Å²) in [5, 5.41) is 2.95. The molecule has 3 rings (SSSR count). The van der Waals surface area contributed by atoms with Crippen molar-refractivity contribution >= 4 is 21.6 Å².